The summed E-state index contributed by atoms with van der Waals surface area (Å²) >= 11 is 6.80. The number of ether oxygens (including phenoxy) is 1. The molecule has 2 aromatic rings. The summed E-state index contributed by atoms with van der Waals surface area (Å²) in [5, 5.41) is 2.79. The molecule has 0 unspecified atom stereocenters. The van der Waals surface area contributed by atoms with Gasteiger partial charge in [-0.2, -0.15) is 0 Å². The van der Waals surface area contributed by atoms with Crippen molar-refractivity contribution in [2.75, 3.05) is 11.9 Å². The Morgan fingerprint density at radius 3 is 2.60 bits per heavy atom. The van der Waals surface area contributed by atoms with Crippen LogP contribution in [0.15, 0.2) is 51.4 Å². The van der Waals surface area contributed by atoms with E-state index in [9.17, 15) is 4.79 Å². The van der Waals surface area contributed by atoms with Crippen LogP contribution < -0.4 is 10.1 Å². The Morgan fingerprint density at radius 2 is 1.90 bits per heavy atom. The number of carbonyl (C=O) groups excluding carboxylic acids is 1. The first-order valence-electron chi connectivity index (χ1n) is 5.99. The molecular weight excluding hydrogens is 386 g/mol. The van der Waals surface area contributed by atoms with Crippen molar-refractivity contribution < 1.29 is 9.53 Å². The van der Waals surface area contributed by atoms with E-state index in [2.05, 4.69) is 37.2 Å². The molecule has 0 aliphatic rings. The Balaban J connectivity index is 1.92. The Kier molecular flexibility index (Phi) is 5.20. The fraction of sp³-hybridized carbons (Fsp3) is 0.133. The predicted molar refractivity (Wildman–Crippen MR) is 87.1 cm³/mol. The molecule has 0 aromatic heterocycles. The van der Waals surface area contributed by atoms with Crippen LogP contribution in [0.5, 0.6) is 5.75 Å². The number of halogens is 2. The molecule has 0 aliphatic carbocycles. The number of hydrogen-bond donors (Lipinski definition) is 1. The SMILES string of the molecule is Cc1cc(OCC(=O)Nc2ccccc2Br)ccc1Br. The second-order valence-electron chi connectivity index (χ2n) is 4.23. The maximum atomic E-state index is 11.8. The first-order chi connectivity index (χ1) is 9.56. The fourth-order valence-electron chi connectivity index (χ4n) is 1.60. The molecule has 0 spiro atoms. The van der Waals surface area contributed by atoms with Gasteiger partial charge in [-0.15, -0.1) is 0 Å². The summed E-state index contributed by atoms with van der Waals surface area (Å²) in [6.45, 7) is 1.94. The highest BCUT2D eigenvalue weighted by Gasteiger charge is 2.06. The van der Waals surface area contributed by atoms with Crippen LogP contribution in [0.2, 0.25) is 0 Å². The molecule has 0 radical (unpaired) electrons. The van der Waals surface area contributed by atoms with Crippen LogP contribution >= 0.6 is 31.9 Å². The van der Waals surface area contributed by atoms with Crippen LogP contribution in [0, 0.1) is 6.92 Å². The molecule has 0 saturated heterocycles. The van der Waals surface area contributed by atoms with Gasteiger partial charge in [0.15, 0.2) is 6.61 Å². The van der Waals surface area contributed by atoms with E-state index in [-0.39, 0.29) is 12.5 Å². The van der Waals surface area contributed by atoms with Gasteiger partial charge in [0.25, 0.3) is 5.91 Å². The first-order valence-corrected chi connectivity index (χ1v) is 7.58. The summed E-state index contributed by atoms with van der Waals surface area (Å²) in [4.78, 5) is 11.8. The van der Waals surface area contributed by atoms with Crippen molar-refractivity contribution in [2.24, 2.45) is 0 Å². The number of amides is 1. The number of carbonyl (C=O) groups is 1. The van der Waals surface area contributed by atoms with Crippen LogP contribution in [-0.2, 0) is 4.79 Å². The minimum Gasteiger partial charge on any atom is -0.484 e. The van der Waals surface area contributed by atoms with Gasteiger partial charge >= 0.3 is 0 Å². The molecule has 2 rings (SSSR count). The maximum Gasteiger partial charge on any atom is 0.262 e. The zero-order valence-corrected chi connectivity index (χ0v) is 14.0. The van der Waals surface area contributed by atoms with E-state index in [4.69, 9.17) is 4.74 Å². The minimum absolute atomic E-state index is 0.0254. The number of aryl methyl sites for hydroxylation is 1. The van der Waals surface area contributed by atoms with Crippen LogP contribution in [0.25, 0.3) is 0 Å². The second-order valence-corrected chi connectivity index (χ2v) is 5.94. The molecule has 0 fully saturated rings. The number of para-hydroxylation sites is 1. The van der Waals surface area contributed by atoms with Crippen LogP contribution in [0.4, 0.5) is 5.69 Å². The van der Waals surface area contributed by atoms with E-state index in [1.165, 1.54) is 0 Å². The van der Waals surface area contributed by atoms with E-state index in [1.54, 1.807) is 0 Å². The van der Waals surface area contributed by atoms with Gasteiger partial charge in [0, 0.05) is 8.95 Å². The third kappa shape index (κ3) is 4.08. The largest absolute Gasteiger partial charge is 0.484 e. The van der Waals surface area contributed by atoms with Gasteiger partial charge in [0.05, 0.1) is 5.69 Å². The maximum absolute atomic E-state index is 11.8. The summed E-state index contributed by atoms with van der Waals surface area (Å²) in [5.74, 6) is 0.477. The normalized spacial score (nSPS) is 10.2. The van der Waals surface area contributed by atoms with Crippen molar-refractivity contribution in [3.05, 3.63) is 57.0 Å². The summed E-state index contributed by atoms with van der Waals surface area (Å²) < 4.78 is 7.32. The van der Waals surface area contributed by atoms with Crippen molar-refractivity contribution in [2.45, 2.75) is 6.92 Å². The molecule has 0 atom stereocenters. The highest BCUT2D eigenvalue weighted by atomic mass is 79.9. The van der Waals surface area contributed by atoms with Crippen molar-refractivity contribution in [1.29, 1.82) is 0 Å². The Bertz CT molecular complexity index is 629. The number of nitrogens with one attached hydrogen (secondary N) is 1. The van der Waals surface area contributed by atoms with E-state index in [0.717, 1.165) is 20.2 Å². The predicted octanol–water partition coefficient (Wildman–Crippen LogP) is 4.54. The van der Waals surface area contributed by atoms with Crippen molar-refractivity contribution in [3.8, 4) is 5.75 Å². The van der Waals surface area contributed by atoms with Gasteiger partial charge in [-0.3, -0.25) is 4.79 Å². The van der Waals surface area contributed by atoms with Gasteiger partial charge in [-0.25, -0.2) is 0 Å². The quantitative estimate of drug-likeness (QED) is 0.821. The second kappa shape index (κ2) is 6.90. The van der Waals surface area contributed by atoms with Crippen LogP contribution in [0.3, 0.4) is 0 Å². The number of benzene rings is 2. The monoisotopic (exact) mass is 397 g/mol. The smallest absolute Gasteiger partial charge is 0.262 e. The fourth-order valence-corrected chi connectivity index (χ4v) is 2.24. The summed E-state index contributed by atoms with van der Waals surface area (Å²) in [6.07, 6.45) is 0. The molecule has 5 heteroatoms. The molecule has 0 saturated carbocycles. The van der Waals surface area contributed by atoms with Crippen molar-refractivity contribution in [3.63, 3.8) is 0 Å². The molecule has 0 bridgehead atoms. The van der Waals surface area contributed by atoms with Gasteiger partial charge in [0.1, 0.15) is 5.75 Å². The molecular formula is C15H13Br2NO2. The number of hydrogen-bond acceptors (Lipinski definition) is 2. The summed E-state index contributed by atoms with van der Waals surface area (Å²) in [6, 6.07) is 13.1. The number of anilines is 1. The third-order valence-corrected chi connectivity index (χ3v) is 4.23. The summed E-state index contributed by atoms with van der Waals surface area (Å²) in [5.41, 5.74) is 1.79. The van der Waals surface area contributed by atoms with Crippen molar-refractivity contribution >= 4 is 43.5 Å². The van der Waals surface area contributed by atoms with Gasteiger partial charge < -0.3 is 10.1 Å². The highest BCUT2D eigenvalue weighted by Crippen LogP contribution is 2.22. The van der Waals surface area contributed by atoms with Crippen molar-refractivity contribution in [1.82, 2.24) is 0 Å². The molecule has 104 valence electrons. The van der Waals surface area contributed by atoms with E-state index in [1.807, 2.05) is 49.4 Å². The highest BCUT2D eigenvalue weighted by molar-refractivity contribution is 9.10. The Labute approximate surface area is 134 Å². The lowest BCUT2D eigenvalue weighted by Gasteiger charge is -2.09. The van der Waals surface area contributed by atoms with Gasteiger partial charge in [0.2, 0.25) is 0 Å². The molecule has 2 aromatic carbocycles. The third-order valence-electron chi connectivity index (χ3n) is 2.65. The summed E-state index contributed by atoms with van der Waals surface area (Å²) in [7, 11) is 0. The lowest BCUT2D eigenvalue weighted by Crippen LogP contribution is -2.20. The molecule has 3 nitrogen and oxygen atoms in total. The van der Waals surface area contributed by atoms with Gasteiger partial charge in [-0.1, -0.05) is 28.1 Å². The van der Waals surface area contributed by atoms with Gasteiger partial charge in [-0.05, 0) is 58.7 Å². The average molecular weight is 399 g/mol. The van der Waals surface area contributed by atoms with Crippen LogP contribution in [-0.4, -0.2) is 12.5 Å². The first kappa shape index (κ1) is 15.1. The Morgan fingerprint density at radius 1 is 1.15 bits per heavy atom. The number of rotatable bonds is 4. The molecule has 20 heavy (non-hydrogen) atoms. The standard InChI is InChI=1S/C15H13Br2NO2/c1-10-8-11(6-7-12(10)16)20-9-15(19)18-14-5-3-2-4-13(14)17/h2-8H,9H2,1H3,(H,18,19). The van der Waals surface area contributed by atoms with E-state index in [0.29, 0.717) is 5.75 Å². The lowest BCUT2D eigenvalue weighted by atomic mass is 10.2. The zero-order valence-electron chi connectivity index (χ0n) is 10.8. The zero-order chi connectivity index (χ0) is 14.5. The average Bonchev–Trinajstić information content (AvgIpc) is 2.43. The van der Waals surface area contributed by atoms with E-state index >= 15 is 0 Å². The van der Waals surface area contributed by atoms with E-state index < -0.39 is 0 Å². The minimum atomic E-state index is -0.197. The molecule has 0 heterocycles. The molecule has 1 N–H and O–H groups in total. The topological polar surface area (TPSA) is 38.3 Å². The van der Waals surface area contributed by atoms with Crippen LogP contribution in [0.1, 0.15) is 5.56 Å². The molecule has 0 aliphatic heterocycles. The molecule has 1 amide bonds. The lowest BCUT2D eigenvalue weighted by molar-refractivity contribution is -0.118. The Hall–Kier alpha value is -1.33.